The van der Waals surface area contributed by atoms with E-state index in [2.05, 4.69) is 41.0 Å². The molecule has 0 bridgehead atoms. The first-order valence-electron chi connectivity index (χ1n) is 14.5. The number of carboxylic acid groups (broad SMARTS) is 1. The number of halogens is 2. The SMILES string of the molecule is CC1(CCCc2ccc(F)c(F)c2)CCN(CC2CN(C(C(=O)O)c3ccccc3)CC2c2ccccc2)CC1. The molecule has 0 aromatic heterocycles. The van der Waals surface area contributed by atoms with Crippen LogP contribution in [-0.2, 0) is 11.2 Å². The normalized spacial score (nSPS) is 22.3. The minimum atomic E-state index is -0.796. The van der Waals surface area contributed by atoms with Gasteiger partial charge in [-0.3, -0.25) is 9.69 Å². The number of carbonyl (C=O) groups is 1. The summed E-state index contributed by atoms with van der Waals surface area (Å²) in [5.41, 5.74) is 3.22. The van der Waals surface area contributed by atoms with Gasteiger partial charge < -0.3 is 10.0 Å². The van der Waals surface area contributed by atoms with E-state index in [0.29, 0.717) is 5.92 Å². The summed E-state index contributed by atoms with van der Waals surface area (Å²) in [4.78, 5) is 17.1. The van der Waals surface area contributed by atoms with E-state index in [-0.39, 0.29) is 11.3 Å². The summed E-state index contributed by atoms with van der Waals surface area (Å²) in [6, 6.07) is 23.7. The van der Waals surface area contributed by atoms with Gasteiger partial charge in [-0.1, -0.05) is 73.7 Å². The molecule has 5 rings (SSSR count). The predicted molar refractivity (Wildman–Crippen MR) is 154 cm³/mol. The lowest BCUT2D eigenvalue weighted by molar-refractivity contribution is -0.143. The second-order valence-electron chi connectivity index (χ2n) is 12.1. The van der Waals surface area contributed by atoms with Gasteiger partial charge in [-0.2, -0.15) is 0 Å². The number of piperidine rings is 1. The topological polar surface area (TPSA) is 43.8 Å². The Hall–Kier alpha value is -3.09. The third kappa shape index (κ3) is 6.79. The van der Waals surface area contributed by atoms with Gasteiger partial charge in [0, 0.05) is 25.6 Å². The smallest absolute Gasteiger partial charge is 0.325 e. The maximum Gasteiger partial charge on any atom is 0.325 e. The number of rotatable bonds is 10. The Balaban J connectivity index is 1.20. The van der Waals surface area contributed by atoms with Crippen LogP contribution in [0.15, 0.2) is 78.9 Å². The van der Waals surface area contributed by atoms with Crippen LogP contribution in [0.4, 0.5) is 8.78 Å². The van der Waals surface area contributed by atoms with Crippen LogP contribution in [0.1, 0.15) is 61.3 Å². The van der Waals surface area contributed by atoms with Gasteiger partial charge in [-0.15, -0.1) is 0 Å². The second kappa shape index (κ2) is 12.6. The monoisotopic (exact) mass is 546 g/mol. The highest BCUT2D eigenvalue weighted by Gasteiger charge is 2.41. The number of benzene rings is 3. The molecule has 40 heavy (non-hydrogen) atoms. The fourth-order valence-electron chi connectivity index (χ4n) is 6.79. The highest BCUT2D eigenvalue weighted by atomic mass is 19.2. The maximum absolute atomic E-state index is 13.6. The first-order valence-corrected chi connectivity index (χ1v) is 14.5. The van der Waals surface area contributed by atoms with Gasteiger partial charge in [0.05, 0.1) is 0 Å². The number of carboxylic acids is 1. The van der Waals surface area contributed by atoms with Crippen LogP contribution >= 0.6 is 0 Å². The summed E-state index contributed by atoms with van der Waals surface area (Å²) in [5.74, 6) is -1.71. The van der Waals surface area contributed by atoms with Gasteiger partial charge in [0.25, 0.3) is 0 Å². The van der Waals surface area contributed by atoms with Gasteiger partial charge in [0.1, 0.15) is 6.04 Å². The Kier molecular flexibility index (Phi) is 8.97. The van der Waals surface area contributed by atoms with Crippen molar-refractivity contribution in [2.45, 2.75) is 51.0 Å². The van der Waals surface area contributed by atoms with Crippen LogP contribution in [0.25, 0.3) is 0 Å². The fraction of sp³-hybridized carbons (Fsp3) is 0.441. The lowest BCUT2D eigenvalue weighted by atomic mass is 9.76. The summed E-state index contributed by atoms with van der Waals surface area (Å²) in [7, 11) is 0. The molecule has 3 aromatic rings. The predicted octanol–water partition coefficient (Wildman–Crippen LogP) is 6.93. The van der Waals surface area contributed by atoms with Crippen molar-refractivity contribution in [1.82, 2.24) is 9.80 Å². The van der Waals surface area contributed by atoms with E-state index in [1.54, 1.807) is 6.07 Å². The van der Waals surface area contributed by atoms with E-state index in [4.69, 9.17) is 0 Å². The van der Waals surface area contributed by atoms with E-state index in [1.807, 2.05) is 36.4 Å². The zero-order valence-corrected chi connectivity index (χ0v) is 23.3. The largest absolute Gasteiger partial charge is 0.480 e. The Labute approximate surface area is 236 Å². The molecule has 2 saturated heterocycles. The number of hydrogen-bond acceptors (Lipinski definition) is 3. The molecule has 1 N–H and O–H groups in total. The summed E-state index contributed by atoms with van der Waals surface area (Å²) in [6.45, 7) is 6.87. The highest BCUT2D eigenvalue weighted by Crippen LogP contribution is 2.40. The zero-order chi connectivity index (χ0) is 28.1. The molecule has 3 atom stereocenters. The molecule has 2 heterocycles. The molecule has 0 spiro atoms. The quantitative estimate of drug-likeness (QED) is 0.299. The summed E-state index contributed by atoms with van der Waals surface area (Å²) in [6.07, 6.45) is 5.02. The van der Waals surface area contributed by atoms with E-state index in [1.165, 1.54) is 17.7 Å². The van der Waals surface area contributed by atoms with Crippen LogP contribution in [0.5, 0.6) is 0 Å². The summed E-state index contributed by atoms with van der Waals surface area (Å²) in [5, 5.41) is 10.2. The van der Waals surface area contributed by atoms with Crippen LogP contribution < -0.4 is 0 Å². The van der Waals surface area contributed by atoms with Crippen LogP contribution in [0, 0.1) is 23.0 Å². The molecule has 0 aliphatic carbocycles. The first-order chi connectivity index (χ1) is 19.3. The Morgan fingerprint density at radius 3 is 2.27 bits per heavy atom. The number of aliphatic carboxylic acids is 1. The molecule has 6 heteroatoms. The molecule has 2 aliphatic heterocycles. The van der Waals surface area contributed by atoms with Crippen molar-refractivity contribution in [3.05, 3.63) is 107 Å². The van der Waals surface area contributed by atoms with E-state index in [9.17, 15) is 18.7 Å². The molecule has 0 amide bonds. The minimum Gasteiger partial charge on any atom is -0.480 e. The molecule has 4 nitrogen and oxygen atoms in total. The number of nitrogens with zero attached hydrogens (tertiary/aromatic N) is 2. The molecule has 0 saturated carbocycles. The molecule has 0 radical (unpaired) electrons. The molecular formula is C34H40F2N2O2. The van der Waals surface area contributed by atoms with Crippen LogP contribution in [0.3, 0.4) is 0 Å². The molecular weight excluding hydrogens is 506 g/mol. The number of hydrogen-bond donors (Lipinski definition) is 1. The Bertz CT molecular complexity index is 1260. The average molecular weight is 547 g/mol. The van der Waals surface area contributed by atoms with Gasteiger partial charge >= 0.3 is 5.97 Å². The van der Waals surface area contributed by atoms with Crippen molar-refractivity contribution in [2.24, 2.45) is 11.3 Å². The van der Waals surface area contributed by atoms with Crippen molar-refractivity contribution in [1.29, 1.82) is 0 Å². The van der Waals surface area contributed by atoms with Crippen molar-refractivity contribution >= 4 is 5.97 Å². The van der Waals surface area contributed by atoms with Gasteiger partial charge in [0.2, 0.25) is 0 Å². The lowest BCUT2D eigenvalue weighted by Crippen LogP contribution is -2.42. The highest BCUT2D eigenvalue weighted by molar-refractivity contribution is 5.75. The summed E-state index contributed by atoms with van der Waals surface area (Å²) >= 11 is 0. The third-order valence-electron chi connectivity index (χ3n) is 9.20. The van der Waals surface area contributed by atoms with E-state index < -0.39 is 23.6 Å². The van der Waals surface area contributed by atoms with Gasteiger partial charge in [-0.25, -0.2) is 8.78 Å². The second-order valence-corrected chi connectivity index (χ2v) is 12.1. The van der Waals surface area contributed by atoms with Gasteiger partial charge in [-0.05, 0) is 85.3 Å². The Morgan fingerprint density at radius 2 is 1.62 bits per heavy atom. The van der Waals surface area contributed by atoms with E-state index in [0.717, 1.165) is 76.0 Å². The molecule has 3 unspecified atom stereocenters. The van der Waals surface area contributed by atoms with Crippen molar-refractivity contribution in [2.75, 3.05) is 32.7 Å². The molecule has 2 aliphatic rings. The summed E-state index contributed by atoms with van der Waals surface area (Å²) < 4.78 is 26.8. The average Bonchev–Trinajstić information content (AvgIpc) is 3.36. The first kappa shape index (κ1) is 28.4. The minimum absolute atomic E-state index is 0.247. The zero-order valence-electron chi connectivity index (χ0n) is 23.3. The van der Waals surface area contributed by atoms with Crippen LogP contribution in [0.2, 0.25) is 0 Å². The number of likely N-dealkylation sites (tertiary alicyclic amines) is 2. The number of aryl methyl sites for hydroxylation is 1. The van der Waals surface area contributed by atoms with Gasteiger partial charge in [0.15, 0.2) is 11.6 Å². The molecule has 2 fully saturated rings. The molecule has 3 aromatic carbocycles. The Morgan fingerprint density at radius 1 is 0.950 bits per heavy atom. The maximum atomic E-state index is 13.6. The van der Waals surface area contributed by atoms with Crippen LogP contribution in [-0.4, -0.2) is 53.6 Å². The standard InChI is InChI=1S/C34H40F2N2O2/c1-34(16-8-9-25-14-15-30(35)31(36)21-25)17-19-37(20-18-34)22-28-23-38(24-29(28)26-10-4-2-5-11-26)32(33(39)40)27-12-6-3-7-13-27/h2-7,10-15,21,28-29,32H,8-9,16-20,22-24H2,1H3,(H,39,40). The third-order valence-corrected chi connectivity index (χ3v) is 9.20. The van der Waals surface area contributed by atoms with Crippen molar-refractivity contribution in [3.8, 4) is 0 Å². The van der Waals surface area contributed by atoms with Crippen molar-refractivity contribution < 1.29 is 18.7 Å². The molecule has 212 valence electrons. The fourth-order valence-corrected chi connectivity index (χ4v) is 6.79. The van der Waals surface area contributed by atoms with E-state index >= 15 is 0 Å². The van der Waals surface area contributed by atoms with Crippen molar-refractivity contribution in [3.63, 3.8) is 0 Å². The lowest BCUT2D eigenvalue weighted by Gasteiger charge is -2.41.